The fourth-order valence-electron chi connectivity index (χ4n) is 0.782. The van der Waals surface area contributed by atoms with E-state index in [1.165, 1.54) is 0 Å². The summed E-state index contributed by atoms with van der Waals surface area (Å²) in [4.78, 5) is 0. The number of hydrogen-bond acceptors (Lipinski definition) is 3. The molecule has 0 amide bonds. The number of aliphatic hydroxyl groups excluding tert-OH is 1. The first-order valence-electron chi connectivity index (χ1n) is 3.18. The van der Waals surface area contributed by atoms with E-state index in [2.05, 4.69) is 6.92 Å². The molecule has 1 nitrogen and oxygen atoms in total. The van der Waals surface area contributed by atoms with Crippen molar-refractivity contribution in [1.82, 2.24) is 0 Å². The van der Waals surface area contributed by atoms with Crippen LogP contribution in [0.15, 0.2) is 0 Å². The zero-order valence-corrected chi connectivity index (χ0v) is 7.23. The summed E-state index contributed by atoms with van der Waals surface area (Å²) in [5.74, 6) is 2.26. The molecule has 0 aromatic carbocycles. The molecule has 1 N–H and O–H groups in total. The maximum absolute atomic E-state index is 8.99. The van der Waals surface area contributed by atoms with Gasteiger partial charge in [-0.15, -0.1) is 0 Å². The lowest BCUT2D eigenvalue weighted by Gasteiger charge is -2.21. The monoisotopic (exact) mass is 164 g/mol. The largest absolute Gasteiger partial charge is 0.396 e. The van der Waals surface area contributed by atoms with Gasteiger partial charge in [0.25, 0.3) is 0 Å². The minimum Gasteiger partial charge on any atom is -0.396 e. The molecule has 0 unspecified atom stereocenters. The summed E-state index contributed by atoms with van der Waals surface area (Å²) in [5.41, 5.74) is 0.259. The average molecular weight is 164 g/mol. The Balaban J connectivity index is 2.45. The van der Waals surface area contributed by atoms with Crippen LogP contribution < -0.4 is 0 Å². The third-order valence-electron chi connectivity index (χ3n) is 1.90. The first kappa shape index (κ1) is 7.76. The van der Waals surface area contributed by atoms with Gasteiger partial charge >= 0.3 is 0 Å². The average Bonchev–Trinajstić information content (AvgIpc) is 2.36. The first-order valence-corrected chi connectivity index (χ1v) is 5.67. The van der Waals surface area contributed by atoms with Crippen LogP contribution in [0.5, 0.6) is 0 Å². The van der Waals surface area contributed by atoms with Crippen molar-refractivity contribution in [2.24, 2.45) is 5.41 Å². The van der Waals surface area contributed by atoms with E-state index in [0.717, 1.165) is 17.9 Å². The molecule has 1 fully saturated rings. The van der Waals surface area contributed by atoms with Gasteiger partial charge in [-0.1, -0.05) is 28.5 Å². The highest BCUT2D eigenvalue weighted by Crippen LogP contribution is 2.44. The van der Waals surface area contributed by atoms with Crippen molar-refractivity contribution in [1.29, 1.82) is 0 Å². The van der Waals surface area contributed by atoms with Gasteiger partial charge in [-0.3, -0.25) is 0 Å². The lowest BCUT2D eigenvalue weighted by molar-refractivity contribution is 0.166. The van der Waals surface area contributed by atoms with E-state index in [0.29, 0.717) is 6.61 Å². The smallest absolute Gasteiger partial charge is 0.0503 e. The lowest BCUT2D eigenvalue weighted by atomic mass is 9.91. The fraction of sp³-hybridized carbons (Fsp3) is 1.00. The lowest BCUT2D eigenvalue weighted by Crippen LogP contribution is -2.26. The molecule has 0 aromatic heterocycles. The summed E-state index contributed by atoms with van der Waals surface area (Å²) in [6.45, 7) is 2.52. The van der Waals surface area contributed by atoms with E-state index in [1.54, 1.807) is 0 Å². The van der Waals surface area contributed by atoms with Crippen LogP contribution in [0.4, 0.5) is 0 Å². The molecule has 0 bridgehead atoms. The van der Waals surface area contributed by atoms with E-state index >= 15 is 0 Å². The third kappa shape index (κ3) is 1.57. The van der Waals surface area contributed by atoms with Crippen molar-refractivity contribution < 1.29 is 5.11 Å². The second-order valence-corrected chi connectivity index (χ2v) is 5.00. The summed E-state index contributed by atoms with van der Waals surface area (Å²) >= 11 is 0. The van der Waals surface area contributed by atoms with Gasteiger partial charge in [-0.2, -0.15) is 0 Å². The molecule has 0 aromatic rings. The summed E-state index contributed by atoms with van der Waals surface area (Å²) in [6, 6.07) is 0. The van der Waals surface area contributed by atoms with Gasteiger partial charge in [0, 0.05) is 16.9 Å². The maximum Gasteiger partial charge on any atom is 0.0503 e. The van der Waals surface area contributed by atoms with E-state index in [9.17, 15) is 0 Å². The third-order valence-corrected chi connectivity index (χ3v) is 4.73. The Labute approximate surface area is 64.0 Å². The molecule has 0 radical (unpaired) electrons. The van der Waals surface area contributed by atoms with Gasteiger partial charge in [0.05, 0.1) is 6.61 Å². The molecule has 0 saturated carbocycles. The number of hydrogen-bond donors (Lipinski definition) is 1. The van der Waals surface area contributed by atoms with Crippen LogP contribution in [0.1, 0.15) is 13.3 Å². The predicted molar refractivity (Wildman–Crippen MR) is 44.7 cm³/mol. The quantitative estimate of drug-likeness (QED) is 0.628. The molecule has 1 saturated heterocycles. The van der Waals surface area contributed by atoms with Gasteiger partial charge in [-0.25, -0.2) is 0 Å². The SMILES string of the molecule is CCC1(CO)CSSC1. The Kier molecular flexibility index (Phi) is 2.73. The Morgan fingerprint density at radius 3 is 2.22 bits per heavy atom. The molecular formula is C6H12OS2. The maximum atomic E-state index is 8.99. The van der Waals surface area contributed by atoms with Crippen molar-refractivity contribution in [2.45, 2.75) is 13.3 Å². The van der Waals surface area contributed by atoms with Crippen LogP contribution in [-0.4, -0.2) is 23.2 Å². The van der Waals surface area contributed by atoms with Crippen LogP contribution in [0.25, 0.3) is 0 Å². The second-order valence-electron chi connectivity index (χ2n) is 2.54. The molecular weight excluding hydrogens is 152 g/mol. The minimum atomic E-state index is 0.259. The van der Waals surface area contributed by atoms with E-state index in [1.807, 2.05) is 21.6 Å². The van der Waals surface area contributed by atoms with Crippen LogP contribution >= 0.6 is 21.6 Å². The van der Waals surface area contributed by atoms with E-state index in [-0.39, 0.29) is 5.41 Å². The Bertz CT molecular complexity index is 83.1. The summed E-state index contributed by atoms with van der Waals surface area (Å²) < 4.78 is 0. The van der Waals surface area contributed by atoms with Gasteiger partial charge in [-0.05, 0) is 6.42 Å². The zero-order valence-electron chi connectivity index (χ0n) is 5.59. The molecule has 1 rings (SSSR count). The van der Waals surface area contributed by atoms with Gasteiger partial charge in [0.1, 0.15) is 0 Å². The normalized spacial score (nSPS) is 24.7. The Hall–Kier alpha value is 0.660. The van der Waals surface area contributed by atoms with Crippen molar-refractivity contribution in [3.05, 3.63) is 0 Å². The Morgan fingerprint density at radius 1 is 1.44 bits per heavy atom. The molecule has 54 valence electrons. The fourth-order valence-corrected chi connectivity index (χ4v) is 4.37. The standard InChI is InChI=1S/C6H12OS2/c1-2-6(3-7)4-8-9-5-6/h7H,2-5H2,1H3. The highest BCUT2D eigenvalue weighted by molar-refractivity contribution is 8.77. The zero-order chi connectivity index (χ0) is 6.74. The highest BCUT2D eigenvalue weighted by atomic mass is 33.1. The molecule has 0 atom stereocenters. The topological polar surface area (TPSA) is 20.2 Å². The summed E-state index contributed by atoms with van der Waals surface area (Å²) in [6.07, 6.45) is 1.11. The van der Waals surface area contributed by atoms with Gasteiger partial charge < -0.3 is 5.11 Å². The molecule has 1 aliphatic heterocycles. The highest BCUT2D eigenvalue weighted by Gasteiger charge is 2.32. The number of aliphatic hydroxyl groups is 1. The van der Waals surface area contributed by atoms with Crippen LogP contribution in [-0.2, 0) is 0 Å². The number of rotatable bonds is 2. The van der Waals surface area contributed by atoms with Crippen LogP contribution in [0.3, 0.4) is 0 Å². The van der Waals surface area contributed by atoms with Gasteiger partial charge in [0.15, 0.2) is 0 Å². The molecule has 1 heterocycles. The van der Waals surface area contributed by atoms with Crippen LogP contribution in [0.2, 0.25) is 0 Å². The van der Waals surface area contributed by atoms with Crippen molar-refractivity contribution in [3.63, 3.8) is 0 Å². The summed E-state index contributed by atoms with van der Waals surface area (Å²) in [5, 5.41) is 8.99. The van der Waals surface area contributed by atoms with Crippen LogP contribution in [0, 0.1) is 5.41 Å². The van der Waals surface area contributed by atoms with E-state index < -0.39 is 0 Å². The van der Waals surface area contributed by atoms with Crippen molar-refractivity contribution >= 4 is 21.6 Å². The first-order chi connectivity index (χ1) is 4.33. The Morgan fingerprint density at radius 2 is 2.00 bits per heavy atom. The summed E-state index contributed by atoms with van der Waals surface area (Å²) in [7, 11) is 3.77. The molecule has 3 heteroatoms. The van der Waals surface area contributed by atoms with E-state index in [4.69, 9.17) is 5.11 Å². The molecule has 0 spiro atoms. The van der Waals surface area contributed by atoms with Crippen molar-refractivity contribution in [3.8, 4) is 0 Å². The van der Waals surface area contributed by atoms with Gasteiger partial charge in [0.2, 0.25) is 0 Å². The molecule has 9 heavy (non-hydrogen) atoms. The molecule has 1 aliphatic rings. The molecule has 0 aliphatic carbocycles. The second kappa shape index (κ2) is 3.17. The van der Waals surface area contributed by atoms with Crippen molar-refractivity contribution in [2.75, 3.05) is 18.1 Å². The minimum absolute atomic E-state index is 0.259. The predicted octanol–water partition coefficient (Wildman–Crippen LogP) is 1.77.